The van der Waals surface area contributed by atoms with Crippen molar-refractivity contribution in [1.29, 1.82) is 0 Å². The smallest absolute Gasteiger partial charge is 0.274 e. The van der Waals surface area contributed by atoms with E-state index in [4.69, 9.17) is 21.1 Å². The first kappa shape index (κ1) is 93.1. The molecule has 10 N–H and O–H groups in total. The summed E-state index contributed by atoms with van der Waals surface area (Å²) < 4.78 is 30.8. The topological polar surface area (TPSA) is 394 Å². The van der Waals surface area contributed by atoms with Crippen molar-refractivity contribution in [1.82, 2.24) is 97.9 Å². The van der Waals surface area contributed by atoms with Crippen LogP contribution in [0, 0.1) is 54.3 Å². The number of H-pyrrole nitrogens is 5. The molecule has 10 aromatic heterocycles. The number of hydrogen-bond acceptors (Lipinski definition) is 22. The Balaban J connectivity index is 0.000000120. The van der Waals surface area contributed by atoms with Gasteiger partial charge in [0.05, 0.1) is 81.1 Å². The third kappa shape index (κ3) is 22.2. The molecular formula is C105H97ClFN25O7. The molecule has 34 heteroatoms. The van der Waals surface area contributed by atoms with E-state index in [2.05, 4.69) is 211 Å². The third-order valence-electron chi connectivity index (χ3n) is 23.2. The molecule has 21 rings (SSSR count). The highest BCUT2D eigenvalue weighted by Gasteiger charge is 2.19. The first-order valence-electron chi connectivity index (χ1n) is 44.7. The Labute approximate surface area is 799 Å². The van der Waals surface area contributed by atoms with Crippen molar-refractivity contribution >= 4 is 79.7 Å². The van der Waals surface area contributed by atoms with Crippen LogP contribution in [0.5, 0.6) is 11.5 Å². The van der Waals surface area contributed by atoms with Gasteiger partial charge in [-0.3, -0.25) is 49.5 Å². The standard InChI is InChI=1S/C24H21N5O.C22H23N5O.C21H21N5O2.C19H16ClN5O2.C19H16FN5O/c1-15-7-8-19(11-16(15)2)23-27-24-26-21(13-22(30)29(24)28-23)14-25-20-10-9-17-5-3-4-6-18(17)12-20;1-4-16-7-5-6-8-19(16)23-13-18-12-20(28)27-22(24-18)25-21(26-27)17-10-9-14(2)15(3)11-17;1-13-4-9-18(14(2)10-13)22-12-16-11-19(27)26-21(23-16)24-20(25-26)15-5-7-17(28-3)8-6-15;1-27-16-4-2-3-14(9-16)21-11-15-10-17(26)25-19(22-15)23-18(24-25)12-5-7-13(20)8-6-12;1-12-6-2-3-7-14(12)18-23-19-22-13(10-17(26)25(19)24-18)11-21-16-9-5-4-8-15(16)20/h3-13,25H,14H2,1-2H3,(H,26,27,28);5-12,23H,4,13H2,1-3H3,(H,24,25,26);4-11,22H,12H2,1-3H3,(H,23,24,25);2-10,21H,11H2,1H3,(H,22,23,24);2-10,21H,11H2,1H3,(H,22,23,24). The van der Waals surface area contributed by atoms with Crippen molar-refractivity contribution in [2.24, 2.45) is 0 Å². The number of hydrogen-bond donors (Lipinski definition) is 10. The summed E-state index contributed by atoms with van der Waals surface area (Å²) in [5.41, 5.74) is 20.1. The highest BCUT2D eigenvalue weighted by Crippen LogP contribution is 2.29. The van der Waals surface area contributed by atoms with E-state index >= 15 is 0 Å². The molecule has 0 unspecified atom stereocenters. The minimum absolute atomic E-state index is 0.173. The van der Waals surface area contributed by atoms with Crippen molar-refractivity contribution in [3.8, 4) is 68.4 Å². The average Bonchev–Trinajstić information content (AvgIpc) is 1.66. The number of fused-ring (bicyclic) bond motifs is 6. The highest BCUT2D eigenvalue weighted by molar-refractivity contribution is 6.30. The van der Waals surface area contributed by atoms with Gasteiger partial charge in [0.2, 0.25) is 0 Å². The van der Waals surface area contributed by atoms with Gasteiger partial charge in [-0.2, -0.15) is 47.5 Å². The molecule has 0 radical (unpaired) electrons. The van der Waals surface area contributed by atoms with Crippen molar-refractivity contribution in [3.63, 3.8) is 0 Å². The van der Waals surface area contributed by atoms with E-state index in [-0.39, 0.29) is 45.9 Å². The van der Waals surface area contributed by atoms with E-state index in [0.717, 1.165) is 85.0 Å². The van der Waals surface area contributed by atoms with Crippen LogP contribution in [0.25, 0.3) is 96.6 Å². The zero-order valence-electron chi connectivity index (χ0n) is 77.5. The average molecular weight is 1880 g/mol. The first-order chi connectivity index (χ1) is 67.4. The number of methoxy groups -OCH3 is 2. The number of para-hydroxylation sites is 2. The number of nitrogens with one attached hydrogen (secondary N) is 10. The molecule has 21 aromatic rings. The van der Waals surface area contributed by atoms with Crippen LogP contribution < -0.4 is 63.9 Å². The monoisotopic (exact) mass is 1870 g/mol. The summed E-state index contributed by atoms with van der Waals surface area (Å²) in [6, 6.07) is 84.7. The number of aromatic amines is 5. The maximum Gasteiger partial charge on any atom is 0.274 e. The zero-order chi connectivity index (χ0) is 96.9. The van der Waals surface area contributed by atoms with E-state index in [1.165, 1.54) is 97.7 Å². The lowest BCUT2D eigenvalue weighted by molar-refractivity contribution is 0.415. The molecule has 32 nitrogen and oxygen atoms in total. The lowest BCUT2D eigenvalue weighted by atomic mass is 10.1. The number of aromatic nitrogens is 20. The summed E-state index contributed by atoms with van der Waals surface area (Å²) in [4.78, 5) is 107. The van der Waals surface area contributed by atoms with Gasteiger partial charge in [0, 0.05) is 92.0 Å². The fourth-order valence-corrected chi connectivity index (χ4v) is 15.4. The normalized spacial score (nSPS) is 11.1. The van der Waals surface area contributed by atoms with Gasteiger partial charge in [-0.15, -0.1) is 0 Å². The second-order valence-electron chi connectivity index (χ2n) is 33.0. The maximum absolute atomic E-state index is 13.7. The number of aryl methyl sites for hydroxylation is 8. The maximum atomic E-state index is 13.7. The van der Waals surface area contributed by atoms with Gasteiger partial charge in [0.25, 0.3) is 56.7 Å². The third-order valence-corrected chi connectivity index (χ3v) is 23.4. The molecule has 0 spiro atoms. The fraction of sp³-hybridized carbons (Fsp3) is 0.152. The molecule has 0 saturated carbocycles. The van der Waals surface area contributed by atoms with Crippen molar-refractivity contribution in [2.75, 3.05) is 40.8 Å². The van der Waals surface area contributed by atoms with Crippen LogP contribution in [0.2, 0.25) is 5.02 Å². The van der Waals surface area contributed by atoms with Crippen molar-refractivity contribution in [2.45, 2.75) is 94.5 Å². The van der Waals surface area contributed by atoms with Crippen LogP contribution >= 0.6 is 11.6 Å². The Morgan fingerprint density at radius 2 is 0.712 bits per heavy atom. The molecule has 0 aliphatic carbocycles. The minimum atomic E-state index is -0.355. The van der Waals surface area contributed by atoms with Crippen LogP contribution in [0.15, 0.2) is 297 Å². The second-order valence-corrected chi connectivity index (χ2v) is 33.4. The van der Waals surface area contributed by atoms with E-state index in [1.54, 1.807) is 44.6 Å². The fourth-order valence-electron chi connectivity index (χ4n) is 15.3. The number of halogens is 2. The summed E-state index contributed by atoms with van der Waals surface area (Å²) in [6.45, 7) is 18.4. The van der Waals surface area contributed by atoms with E-state index < -0.39 is 0 Å². The Bertz CT molecular complexity index is 8400. The van der Waals surface area contributed by atoms with Gasteiger partial charge < -0.3 is 36.1 Å². The zero-order valence-corrected chi connectivity index (χ0v) is 78.3. The number of benzene rings is 11. The predicted octanol–water partition coefficient (Wildman–Crippen LogP) is 18.2. The molecule has 698 valence electrons. The predicted molar refractivity (Wildman–Crippen MR) is 542 cm³/mol. The van der Waals surface area contributed by atoms with Crippen LogP contribution in [-0.4, -0.2) is 112 Å². The summed E-state index contributed by atoms with van der Waals surface area (Å²) in [5.74, 6) is 5.80. The van der Waals surface area contributed by atoms with Gasteiger partial charge in [-0.25, -0.2) is 29.3 Å². The molecule has 0 bridgehead atoms. The molecule has 11 aromatic carbocycles. The summed E-state index contributed by atoms with van der Waals surface area (Å²) in [7, 11) is 3.23. The Hall–Kier alpha value is -17.8. The van der Waals surface area contributed by atoms with E-state index in [1.807, 2.05) is 153 Å². The molecule has 0 saturated heterocycles. The summed E-state index contributed by atoms with van der Waals surface area (Å²) in [5, 5.41) is 34.3. The Morgan fingerprint density at radius 1 is 0.309 bits per heavy atom. The minimum Gasteiger partial charge on any atom is -0.497 e. The molecule has 139 heavy (non-hydrogen) atoms. The van der Waals surface area contributed by atoms with Crippen LogP contribution in [0.4, 0.5) is 32.8 Å². The largest absolute Gasteiger partial charge is 0.497 e. The SMILES string of the molecule is CCc1ccccc1NCc1cc(=O)n2[nH]c(-c3ccc(C)c(C)c3)nc2n1.COc1ccc(-c2nc3nc(CNc4ccc(C)cc4C)cc(=O)n3[nH]2)cc1.COc1cccc(NCc2cc(=O)n3[nH]c(-c4ccc(Cl)cc4)nc3n2)c1.Cc1ccc(-c2nc3nc(CNc4ccc5ccccc5c4)cc(=O)n3[nH]2)cc1C.Cc1ccccc1-c1nc2nc(CNc3ccccc3F)cc(=O)n2[nH]1. The van der Waals surface area contributed by atoms with Gasteiger partial charge >= 0.3 is 0 Å². The number of anilines is 5. The van der Waals surface area contributed by atoms with Gasteiger partial charge in [0.15, 0.2) is 29.1 Å². The summed E-state index contributed by atoms with van der Waals surface area (Å²) >= 11 is 5.92. The molecule has 0 aliphatic rings. The van der Waals surface area contributed by atoms with Gasteiger partial charge in [0.1, 0.15) is 17.3 Å². The molecule has 10 heterocycles. The Kier molecular flexibility index (Phi) is 28.0. The second kappa shape index (κ2) is 41.8. The van der Waals surface area contributed by atoms with Crippen LogP contribution in [-0.2, 0) is 39.1 Å². The lowest BCUT2D eigenvalue weighted by Gasteiger charge is -2.10. The number of rotatable bonds is 23. The number of ether oxygens (including phenoxy) is 2. The summed E-state index contributed by atoms with van der Waals surface area (Å²) in [6.07, 6.45) is 0.941. The van der Waals surface area contributed by atoms with E-state index in [0.29, 0.717) is 118 Å². The quantitative estimate of drug-likeness (QED) is 0.0284. The van der Waals surface area contributed by atoms with Gasteiger partial charge in [-0.05, 0) is 214 Å². The van der Waals surface area contributed by atoms with Crippen molar-refractivity contribution < 1.29 is 13.9 Å². The lowest BCUT2D eigenvalue weighted by Crippen LogP contribution is -2.17. The molecule has 0 atom stereocenters. The van der Waals surface area contributed by atoms with Crippen molar-refractivity contribution in [3.05, 3.63) is 409 Å². The first-order valence-corrected chi connectivity index (χ1v) is 45.0. The molecule has 0 aliphatic heterocycles. The van der Waals surface area contributed by atoms with Gasteiger partial charge in [-0.1, -0.05) is 151 Å². The highest BCUT2D eigenvalue weighted by atomic mass is 35.5. The molecular weight excluding hydrogens is 1780 g/mol. The molecule has 0 amide bonds. The Morgan fingerprint density at radius 3 is 1.19 bits per heavy atom. The molecule has 0 fully saturated rings. The van der Waals surface area contributed by atoms with Crippen LogP contribution in [0.3, 0.4) is 0 Å². The van der Waals surface area contributed by atoms with Crippen LogP contribution in [0.1, 0.15) is 79.9 Å². The van der Waals surface area contributed by atoms with E-state index in [9.17, 15) is 28.4 Å². The number of nitrogens with zero attached hydrogens (tertiary/aromatic N) is 15.